The van der Waals surface area contributed by atoms with Crippen LogP contribution in [0.15, 0.2) is 0 Å². The molecule has 0 N–H and O–H groups in total. The second kappa shape index (κ2) is 13.0. The van der Waals surface area contributed by atoms with Gasteiger partial charge >= 0.3 is 0 Å². The number of carbonyl (C=O) groups is 1. The molecule has 0 aromatic heterocycles. The Balaban J connectivity index is 2.81. The Hall–Kier alpha value is 0.0200. The first kappa shape index (κ1) is 14.0. The highest BCUT2D eigenvalue weighted by Gasteiger charge is 1.91. The van der Waals surface area contributed by atoms with Crippen LogP contribution in [0, 0.1) is 0 Å². The van der Waals surface area contributed by atoms with Crippen LogP contribution in [-0.2, 0) is 4.79 Å². The number of carbonyl (C=O) groups excluding carboxylic acids is 1. The van der Waals surface area contributed by atoms with Crippen molar-refractivity contribution >= 4 is 18.0 Å². The van der Waals surface area contributed by atoms with Crippen molar-refractivity contribution in [1.82, 2.24) is 0 Å². The molecule has 0 amide bonds. The maximum atomic E-state index is 10.0. The number of thioether (sulfide) groups is 1. The molecule has 0 saturated carbocycles. The van der Waals surface area contributed by atoms with Crippen molar-refractivity contribution in [2.75, 3.05) is 11.5 Å². The Labute approximate surface area is 93.0 Å². The van der Waals surface area contributed by atoms with Gasteiger partial charge in [0.15, 0.2) is 0 Å². The van der Waals surface area contributed by atoms with Gasteiger partial charge in [0, 0.05) is 6.42 Å². The van der Waals surface area contributed by atoms with Crippen molar-refractivity contribution in [3.05, 3.63) is 0 Å². The fourth-order valence-corrected chi connectivity index (χ4v) is 2.27. The molecule has 0 aliphatic heterocycles. The molecule has 0 fully saturated rings. The van der Waals surface area contributed by atoms with Crippen LogP contribution in [0.2, 0.25) is 0 Å². The van der Waals surface area contributed by atoms with Crippen LogP contribution < -0.4 is 0 Å². The summed E-state index contributed by atoms with van der Waals surface area (Å²) in [5.41, 5.74) is 0. The van der Waals surface area contributed by atoms with E-state index in [0.717, 1.165) is 18.5 Å². The van der Waals surface area contributed by atoms with Gasteiger partial charge in [-0.05, 0) is 17.9 Å². The lowest BCUT2D eigenvalue weighted by molar-refractivity contribution is -0.107. The van der Waals surface area contributed by atoms with Crippen molar-refractivity contribution in [2.24, 2.45) is 0 Å². The van der Waals surface area contributed by atoms with Crippen LogP contribution in [0.3, 0.4) is 0 Å². The summed E-state index contributed by atoms with van der Waals surface area (Å²) in [6.45, 7) is 2.25. The van der Waals surface area contributed by atoms with Crippen LogP contribution in [0.4, 0.5) is 0 Å². The lowest BCUT2D eigenvalue weighted by atomic mass is 10.1. The molecule has 0 unspecified atom stereocenters. The first-order chi connectivity index (χ1) is 6.91. The molecule has 0 radical (unpaired) electrons. The highest BCUT2D eigenvalue weighted by molar-refractivity contribution is 7.99. The summed E-state index contributed by atoms with van der Waals surface area (Å²) in [4.78, 5) is 10.0. The normalized spacial score (nSPS) is 10.4. The SMILES string of the molecule is CCCCCCCCCSCCC=O. The zero-order valence-corrected chi connectivity index (χ0v) is 10.3. The molecule has 14 heavy (non-hydrogen) atoms. The molecule has 0 heterocycles. The molecule has 0 spiro atoms. The third kappa shape index (κ3) is 12.0. The van der Waals surface area contributed by atoms with Crippen LogP contribution in [0.5, 0.6) is 0 Å². The summed E-state index contributed by atoms with van der Waals surface area (Å²) >= 11 is 1.91. The van der Waals surface area contributed by atoms with Gasteiger partial charge in [-0.2, -0.15) is 11.8 Å². The monoisotopic (exact) mass is 216 g/mol. The van der Waals surface area contributed by atoms with Crippen LogP contribution >= 0.6 is 11.8 Å². The molecule has 0 rings (SSSR count). The van der Waals surface area contributed by atoms with Gasteiger partial charge in [-0.3, -0.25) is 0 Å². The third-order valence-electron chi connectivity index (χ3n) is 2.27. The molecular weight excluding hydrogens is 192 g/mol. The quantitative estimate of drug-likeness (QED) is 0.383. The molecule has 0 bridgehead atoms. The van der Waals surface area contributed by atoms with Gasteiger partial charge in [0.25, 0.3) is 0 Å². The van der Waals surface area contributed by atoms with Crippen molar-refractivity contribution in [1.29, 1.82) is 0 Å². The summed E-state index contributed by atoms with van der Waals surface area (Å²) in [6.07, 6.45) is 11.4. The minimum Gasteiger partial charge on any atom is -0.303 e. The molecule has 2 heteroatoms. The standard InChI is InChI=1S/C12H24OS/c1-2-3-4-5-6-7-8-11-14-12-9-10-13/h10H,2-9,11-12H2,1H3. The number of aldehydes is 1. The molecule has 84 valence electrons. The van der Waals surface area contributed by atoms with E-state index in [-0.39, 0.29) is 0 Å². The maximum Gasteiger partial charge on any atom is 0.120 e. The van der Waals surface area contributed by atoms with Gasteiger partial charge < -0.3 is 4.79 Å². The van der Waals surface area contributed by atoms with E-state index in [1.54, 1.807) is 0 Å². The zero-order valence-electron chi connectivity index (χ0n) is 9.46. The lowest BCUT2D eigenvalue weighted by Crippen LogP contribution is -1.86. The fraction of sp³-hybridized carbons (Fsp3) is 0.917. The second-order valence-electron chi connectivity index (χ2n) is 3.69. The predicted octanol–water partition coefficient (Wildman–Crippen LogP) is 4.06. The lowest BCUT2D eigenvalue weighted by Gasteiger charge is -2.00. The van der Waals surface area contributed by atoms with Gasteiger partial charge in [0.2, 0.25) is 0 Å². The van der Waals surface area contributed by atoms with E-state index in [0.29, 0.717) is 0 Å². The van der Waals surface area contributed by atoms with Crippen molar-refractivity contribution < 1.29 is 4.79 Å². The summed E-state index contributed by atoms with van der Waals surface area (Å²) in [5.74, 6) is 2.25. The van der Waals surface area contributed by atoms with Crippen LogP contribution in [0.1, 0.15) is 58.3 Å². The van der Waals surface area contributed by atoms with E-state index in [2.05, 4.69) is 6.92 Å². The number of unbranched alkanes of at least 4 members (excludes halogenated alkanes) is 6. The Morgan fingerprint density at radius 2 is 1.57 bits per heavy atom. The Bertz CT molecular complexity index is 115. The summed E-state index contributed by atoms with van der Waals surface area (Å²) in [6, 6.07) is 0. The fourth-order valence-electron chi connectivity index (χ4n) is 1.39. The van der Waals surface area contributed by atoms with Crippen molar-refractivity contribution in [3.8, 4) is 0 Å². The highest BCUT2D eigenvalue weighted by Crippen LogP contribution is 2.10. The topological polar surface area (TPSA) is 17.1 Å². The van der Waals surface area contributed by atoms with Gasteiger partial charge in [0.05, 0.1) is 0 Å². The summed E-state index contributed by atoms with van der Waals surface area (Å²) in [7, 11) is 0. The first-order valence-electron chi connectivity index (χ1n) is 5.93. The van der Waals surface area contributed by atoms with Crippen molar-refractivity contribution in [3.63, 3.8) is 0 Å². The van der Waals surface area contributed by atoms with Crippen LogP contribution in [-0.4, -0.2) is 17.8 Å². The number of hydrogen-bond acceptors (Lipinski definition) is 2. The highest BCUT2D eigenvalue weighted by atomic mass is 32.2. The molecule has 0 aromatic rings. The summed E-state index contributed by atoms with van der Waals surface area (Å²) in [5, 5.41) is 0. The maximum absolute atomic E-state index is 10.0. The Morgan fingerprint density at radius 1 is 0.929 bits per heavy atom. The number of rotatable bonds is 11. The minimum absolute atomic E-state index is 0.723. The largest absolute Gasteiger partial charge is 0.303 e. The van der Waals surface area contributed by atoms with Crippen LogP contribution in [0.25, 0.3) is 0 Å². The zero-order chi connectivity index (χ0) is 10.5. The van der Waals surface area contributed by atoms with E-state index >= 15 is 0 Å². The van der Waals surface area contributed by atoms with E-state index in [9.17, 15) is 4.79 Å². The molecular formula is C12H24OS. The average Bonchev–Trinajstić information content (AvgIpc) is 2.21. The van der Waals surface area contributed by atoms with E-state index in [1.807, 2.05) is 11.8 Å². The number of hydrogen-bond donors (Lipinski definition) is 0. The Morgan fingerprint density at radius 3 is 2.21 bits per heavy atom. The smallest absolute Gasteiger partial charge is 0.120 e. The third-order valence-corrected chi connectivity index (χ3v) is 3.37. The van der Waals surface area contributed by atoms with Gasteiger partial charge in [0.1, 0.15) is 6.29 Å². The van der Waals surface area contributed by atoms with E-state index < -0.39 is 0 Å². The molecule has 1 nitrogen and oxygen atoms in total. The molecule has 0 aliphatic carbocycles. The minimum atomic E-state index is 0.723. The van der Waals surface area contributed by atoms with Gasteiger partial charge in [-0.15, -0.1) is 0 Å². The van der Waals surface area contributed by atoms with Gasteiger partial charge in [-0.25, -0.2) is 0 Å². The molecule has 0 aromatic carbocycles. The van der Waals surface area contributed by atoms with Crippen molar-refractivity contribution in [2.45, 2.75) is 58.3 Å². The summed E-state index contributed by atoms with van der Waals surface area (Å²) < 4.78 is 0. The predicted molar refractivity (Wildman–Crippen MR) is 66.0 cm³/mol. The van der Waals surface area contributed by atoms with E-state index in [1.165, 1.54) is 50.7 Å². The molecule has 0 saturated heterocycles. The second-order valence-corrected chi connectivity index (χ2v) is 4.91. The molecule has 0 atom stereocenters. The van der Waals surface area contributed by atoms with Gasteiger partial charge in [-0.1, -0.05) is 45.4 Å². The Kier molecular flexibility index (Phi) is 13.0. The average molecular weight is 216 g/mol. The van der Waals surface area contributed by atoms with E-state index in [4.69, 9.17) is 0 Å². The first-order valence-corrected chi connectivity index (χ1v) is 7.08. The molecule has 0 aliphatic rings.